The molecule has 3 aliphatic carbocycles. The molecule has 3 saturated carbocycles. The highest BCUT2D eigenvalue weighted by Crippen LogP contribution is 2.58. The number of nitrogens with zero attached hydrogens (tertiary/aromatic N) is 4. The Morgan fingerprint density at radius 2 is 1.40 bits per heavy atom. The van der Waals surface area contributed by atoms with E-state index >= 15 is 0 Å². The predicted molar refractivity (Wildman–Crippen MR) is 203 cm³/mol. The van der Waals surface area contributed by atoms with E-state index in [1.165, 1.54) is 12.7 Å². The first-order chi connectivity index (χ1) is 26.3. The van der Waals surface area contributed by atoms with E-state index in [0.717, 1.165) is 87.0 Å². The summed E-state index contributed by atoms with van der Waals surface area (Å²) in [5, 5.41) is 14.4. The van der Waals surface area contributed by atoms with Crippen molar-refractivity contribution in [2.24, 2.45) is 11.8 Å². The van der Waals surface area contributed by atoms with Crippen LogP contribution in [0.5, 0.6) is 0 Å². The van der Waals surface area contributed by atoms with Crippen LogP contribution in [0.25, 0.3) is 11.3 Å². The number of hydrogen-bond donors (Lipinski definition) is 4. The Labute approximate surface area is 322 Å². The lowest BCUT2D eigenvalue weighted by Gasteiger charge is -2.53. The first-order valence-electron chi connectivity index (χ1n) is 19.9. The van der Waals surface area contributed by atoms with Gasteiger partial charge in [0.25, 0.3) is 0 Å². The molecule has 2 bridgehead atoms. The number of carboxylic acid groups (broad SMARTS) is 1. The molecule has 4 heterocycles. The number of benzene rings is 1. The third-order valence-electron chi connectivity index (χ3n) is 13.0. The average molecular weight is 758 g/mol. The summed E-state index contributed by atoms with van der Waals surface area (Å²) in [6, 6.07) is 6.83. The lowest BCUT2D eigenvalue weighted by Crippen LogP contribution is -2.51. The lowest BCUT2D eigenvalue weighted by molar-refractivity contribution is -0.136. The monoisotopic (exact) mass is 757 g/mol. The molecule has 14 heteroatoms. The Hall–Kier alpha value is -4.88. The molecular formula is C41H55N7O7. The van der Waals surface area contributed by atoms with Gasteiger partial charge < -0.3 is 39.7 Å². The summed E-state index contributed by atoms with van der Waals surface area (Å²) in [5.41, 5.74) is 4.23. The summed E-state index contributed by atoms with van der Waals surface area (Å²) < 4.78 is 10.9. The molecule has 1 aromatic carbocycles. The molecule has 296 valence electrons. The Balaban J connectivity index is 0.997. The molecule has 0 radical (unpaired) electrons. The molecule has 3 aromatic rings. The van der Waals surface area contributed by atoms with E-state index in [-0.39, 0.29) is 46.6 Å². The number of oxazole rings is 1. The summed E-state index contributed by atoms with van der Waals surface area (Å²) in [4.78, 5) is 67.3. The molecule has 0 unspecified atom stereocenters. The van der Waals surface area contributed by atoms with Gasteiger partial charge in [0, 0.05) is 30.3 Å². The SMILES string of the molecule is COC(=O)N[C@H](C(=O)N1CCC[C@H]1c1nc(-c2ccc(C34CCC(c5coc([C@@H]6CCCN6C(=O)[C@@H](NC(=O)O)C(C)C)n5)(CC3)CC4)cc2)c[nH]1)C(C)C. The summed E-state index contributed by atoms with van der Waals surface area (Å²) in [7, 11) is 1.30. The normalized spacial score (nSPS) is 26.0. The number of hydrogen-bond acceptors (Lipinski definition) is 8. The topological polar surface area (TPSA) is 183 Å². The number of ether oxygens (including phenoxy) is 1. The van der Waals surface area contributed by atoms with Crippen LogP contribution in [0.15, 0.2) is 41.1 Å². The minimum Gasteiger partial charge on any atom is -0.465 e. The Morgan fingerprint density at radius 1 is 0.836 bits per heavy atom. The van der Waals surface area contributed by atoms with E-state index in [0.29, 0.717) is 19.0 Å². The zero-order chi connectivity index (χ0) is 39.1. The quantitative estimate of drug-likeness (QED) is 0.167. The van der Waals surface area contributed by atoms with Gasteiger partial charge in [-0.25, -0.2) is 19.6 Å². The molecule has 2 saturated heterocycles. The van der Waals surface area contributed by atoms with Crippen molar-refractivity contribution < 1.29 is 33.4 Å². The fourth-order valence-electron chi connectivity index (χ4n) is 9.64. The maximum atomic E-state index is 13.6. The second-order valence-corrected chi connectivity index (χ2v) is 16.8. The van der Waals surface area contributed by atoms with Crippen LogP contribution < -0.4 is 10.6 Å². The van der Waals surface area contributed by atoms with Crippen LogP contribution in [0.4, 0.5) is 9.59 Å². The number of aromatic nitrogens is 3. The number of carbonyl (C=O) groups excluding carboxylic acids is 3. The fourth-order valence-corrected chi connectivity index (χ4v) is 9.64. The number of methoxy groups -OCH3 is 1. The summed E-state index contributed by atoms with van der Waals surface area (Å²) in [5.74, 6) is 0.664. The zero-order valence-corrected chi connectivity index (χ0v) is 32.6. The second-order valence-electron chi connectivity index (χ2n) is 16.8. The van der Waals surface area contributed by atoms with Crippen LogP contribution in [0.1, 0.15) is 127 Å². The van der Waals surface area contributed by atoms with Gasteiger partial charge in [-0.1, -0.05) is 52.0 Å². The van der Waals surface area contributed by atoms with Crippen LogP contribution in [-0.4, -0.2) is 86.1 Å². The van der Waals surface area contributed by atoms with Gasteiger partial charge in [-0.3, -0.25) is 9.59 Å². The van der Waals surface area contributed by atoms with Gasteiger partial charge in [-0.2, -0.15) is 0 Å². The van der Waals surface area contributed by atoms with E-state index in [9.17, 15) is 24.3 Å². The highest BCUT2D eigenvalue weighted by atomic mass is 16.5. The van der Waals surface area contributed by atoms with Crippen LogP contribution in [0.3, 0.4) is 0 Å². The van der Waals surface area contributed by atoms with Crippen molar-refractivity contribution in [1.29, 1.82) is 0 Å². The number of aromatic amines is 1. The van der Waals surface area contributed by atoms with Gasteiger partial charge in [-0.15, -0.1) is 0 Å². The molecule has 0 spiro atoms. The van der Waals surface area contributed by atoms with Gasteiger partial charge in [0.2, 0.25) is 17.7 Å². The van der Waals surface area contributed by atoms with E-state index in [2.05, 4.69) is 39.9 Å². The van der Waals surface area contributed by atoms with Crippen molar-refractivity contribution in [2.45, 2.75) is 127 Å². The molecule has 4 N–H and O–H groups in total. The molecule has 2 aliphatic heterocycles. The van der Waals surface area contributed by atoms with E-state index in [1.54, 1.807) is 11.2 Å². The van der Waals surface area contributed by atoms with Gasteiger partial charge in [0.15, 0.2) is 0 Å². The van der Waals surface area contributed by atoms with Gasteiger partial charge in [-0.05, 0) is 87.0 Å². The van der Waals surface area contributed by atoms with Crippen molar-refractivity contribution >= 4 is 24.0 Å². The minimum atomic E-state index is -1.20. The van der Waals surface area contributed by atoms with Crippen LogP contribution >= 0.6 is 0 Å². The highest BCUT2D eigenvalue weighted by molar-refractivity contribution is 5.87. The number of amides is 4. The Kier molecular flexibility index (Phi) is 10.7. The number of fused-ring (bicyclic) bond motifs is 3. The molecule has 4 amide bonds. The number of alkyl carbamates (subject to hydrolysis) is 1. The van der Waals surface area contributed by atoms with Crippen molar-refractivity contribution in [3.8, 4) is 11.3 Å². The Bertz CT molecular complexity index is 1860. The second kappa shape index (κ2) is 15.3. The van der Waals surface area contributed by atoms with Crippen molar-refractivity contribution in [1.82, 2.24) is 35.4 Å². The van der Waals surface area contributed by atoms with Crippen LogP contribution in [0, 0.1) is 11.8 Å². The Morgan fingerprint density at radius 3 is 1.98 bits per heavy atom. The molecule has 2 aromatic heterocycles. The summed E-state index contributed by atoms with van der Waals surface area (Å²) >= 11 is 0. The van der Waals surface area contributed by atoms with E-state index < -0.39 is 24.3 Å². The largest absolute Gasteiger partial charge is 0.465 e. The maximum absolute atomic E-state index is 13.6. The average Bonchev–Trinajstić information content (AvgIpc) is 4.03. The molecule has 5 fully saturated rings. The standard InChI is InChI=1S/C41H55N7O7/c1-24(2)32(45-38(51)52)36(49)48-21-7-9-30(48)35-44-31(23-55-35)41-17-14-40(15-18-41,16-19-41)27-12-10-26(11-13-27)28-22-42-34(43-28)29-8-6-20-47(29)37(50)33(25(3)4)46-39(53)54-5/h10-13,22-25,29-30,32-33,45H,6-9,14-21H2,1-5H3,(H,42,43)(H,46,53)(H,51,52)/t29-,30-,32-,33-,40?,41?/m0/s1. The third kappa shape index (κ3) is 7.31. The van der Waals surface area contributed by atoms with Gasteiger partial charge in [0.1, 0.15) is 30.2 Å². The molecule has 5 aliphatic rings. The van der Waals surface area contributed by atoms with Crippen molar-refractivity contribution in [2.75, 3.05) is 20.2 Å². The highest BCUT2D eigenvalue weighted by Gasteiger charge is 2.52. The number of carbonyl (C=O) groups is 4. The molecular weight excluding hydrogens is 702 g/mol. The van der Waals surface area contributed by atoms with Crippen LogP contribution in [-0.2, 0) is 25.2 Å². The molecule has 55 heavy (non-hydrogen) atoms. The number of rotatable bonds is 11. The first-order valence-corrected chi connectivity index (χ1v) is 19.9. The fraction of sp³-hybridized carbons (Fsp3) is 0.610. The van der Waals surface area contributed by atoms with E-state index in [1.807, 2.05) is 38.8 Å². The number of H-pyrrole nitrogens is 1. The smallest absolute Gasteiger partial charge is 0.407 e. The minimum absolute atomic E-state index is 0.0479. The van der Waals surface area contributed by atoms with Crippen molar-refractivity contribution in [3.05, 3.63) is 59.7 Å². The molecule has 8 rings (SSSR count). The van der Waals surface area contributed by atoms with Gasteiger partial charge in [0.05, 0.1) is 24.5 Å². The number of imidazole rings is 1. The third-order valence-corrected chi connectivity index (χ3v) is 13.0. The van der Waals surface area contributed by atoms with Crippen LogP contribution in [0.2, 0.25) is 0 Å². The first kappa shape index (κ1) is 38.4. The van der Waals surface area contributed by atoms with Crippen molar-refractivity contribution in [3.63, 3.8) is 0 Å². The number of likely N-dealkylation sites (tertiary alicyclic amines) is 2. The lowest BCUT2D eigenvalue weighted by atomic mass is 9.51. The zero-order valence-electron chi connectivity index (χ0n) is 32.6. The van der Waals surface area contributed by atoms with E-state index in [4.69, 9.17) is 19.1 Å². The van der Waals surface area contributed by atoms with Gasteiger partial charge >= 0.3 is 12.2 Å². The summed E-state index contributed by atoms with van der Waals surface area (Å²) in [6.45, 7) is 8.66. The number of nitrogens with one attached hydrogen (secondary N) is 3. The predicted octanol–water partition coefficient (Wildman–Crippen LogP) is 6.61. The maximum Gasteiger partial charge on any atom is 0.407 e. The summed E-state index contributed by atoms with van der Waals surface area (Å²) in [6.07, 6.45) is 11.3. The molecule has 4 atom stereocenters. The molecule has 14 nitrogen and oxygen atoms in total.